The van der Waals surface area contributed by atoms with Gasteiger partial charge in [0.25, 0.3) is 0 Å². The van der Waals surface area contributed by atoms with Gasteiger partial charge in [0.2, 0.25) is 0 Å². The molecule has 4 rings (SSSR count). The lowest BCUT2D eigenvalue weighted by molar-refractivity contribution is -0.134. The first-order valence-corrected chi connectivity index (χ1v) is 13.8. The van der Waals surface area contributed by atoms with Crippen molar-refractivity contribution in [3.63, 3.8) is 0 Å². The highest BCUT2D eigenvalue weighted by Gasteiger charge is 2.50. The number of hydrogen-bond acceptors (Lipinski definition) is 3. The lowest BCUT2D eigenvalue weighted by Crippen LogP contribution is -2.50. The normalized spacial score (nSPS) is 19.1. The zero-order chi connectivity index (χ0) is 24.8. The van der Waals surface area contributed by atoms with Crippen molar-refractivity contribution in [1.82, 2.24) is 4.90 Å². The average Bonchev–Trinajstić information content (AvgIpc) is 2.81. The van der Waals surface area contributed by atoms with Gasteiger partial charge >= 0.3 is 5.97 Å². The van der Waals surface area contributed by atoms with Gasteiger partial charge < -0.3 is 4.74 Å². The van der Waals surface area contributed by atoms with Gasteiger partial charge in [-0.25, -0.2) is 4.39 Å². The number of unbranched alkanes of at least 4 members (excludes halogenated alkanes) is 6. The van der Waals surface area contributed by atoms with Crippen LogP contribution >= 0.6 is 11.6 Å². The third-order valence-corrected chi connectivity index (χ3v) is 8.38. The number of halogens is 2. The quantitative estimate of drug-likeness (QED) is 0.177. The summed E-state index contributed by atoms with van der Waals surface area (Å²) in [5.41, 5.74) is 3.13. The molecule has 1 heterocycles. The Morgan fingerprint density at radius 3 is 2.51 bits per heavy atom. The average molecular weight is 500 g/mol. The lowest BCUT2D eigenvalue weighted by atomic mass is 9.57. The van der Waals surface area contributed by atoms with E-state index in [9.17, 15) is 9.18 Å². The highest BCUT2D eigenvalue weighted by Crippen LogP contribution is 2.57. The summed E-state index contributed by atoms with van der Waals surface area (Å²) < 4.78 is 20.6. The largest absolute Gasteiger partial charge is 0.423 e. The minimum atomic E-state index is -0.444. The van der Waals surface area contributed by atoms with Crippen molar-refractivity contribution in [2.45, 2.75) is 95.4 Å². The Morgan fingerprint density at radius 1 is 1.11 bits per heavy atom. The molecule has 35 heavy (non-hydrogen) atoms. The van der Waals surface area contributed by atoms with Crippen LogP contribution < -0.4 is 4.74 Å². The molecular weight excluding hydrogens is 461 g/mol. The van der Waals surface area contributed by atoms with E-state index in [4.69, 9.17) is 16.3 Å². The Kier molecular flexibility index (Phi) is 8.88. The second kappa shape index (κ2) is 11.9. The fourth-order valence-corrected chi connectivity index (χ4v) is 6.38. The number of rotatable bonds is 11. The second-order valence-corrected chi connectivity index (χ2v) is 10.9. The van der Waals surface area contributed by atoms with Crippen molar-refractivity contribution in [1.29, 1.82) is 0 Å². The van der Waals surface area contributed by atoms with Crippen molar-refractivity contribution in [3.8, 4) is 5.75 Å². The van der Waals surface area contributed by atoms with Gasteiger partial charge in [-0.1, -0.05) is 81.7 Å². The first-order chi connectivity index (χ1) is 17.0. The molecule has 2 aliphatic rings. The molecule has 1 saturated carbocycles. The highest BCUT2D eigenvalue weighted by molar-refractivity contribution is 6.31. The molecule has 2 aromatic rings. The first-order valence-electron chi connectivity index (χ1n) is 13.4. The first kappa shape index (κ1) is 26.2. The Hall–Kier alpha value is -1.91. The van der Waals surface area contributed by atoms with Crippen molar-refractivity contribution < 1.29 is 13.9 Å². The number of ether oxygens (including phenoxy) is 1. The van der Waals surface area contributed by atoms with Crippen LogP contribution in [0.3, 0.4) is 0 Å². The van der Waals surface area contributed by atoms with Crippen LogP contribution in [0.5, 0.6) is 5.75 Å². The van der Waals surface area contributed by atoms with E-state index in [-0.39, 0.29) is 23.2 Å². The number of nitrogens with zero attached hydrogens (tertiary/aromatic N) is 1. The number of likely N-dealkylation sites (N-methyl/N-ethyl adjacent to an activating group) is 1. The van der Waals surface area contributed by atoms with Crippen LogP contribution in [0.4, 0.5) is 4.39 Å². The van der Waals surface area contributed by atoms with E-state index in [1.807, 2.05) is 18.2 Å². The Balaban J connectivity index is 1.51. The minimum Gasteiger partial charge on any atom is -0.423 e. The van der Waals surface area contributed by atoms with Crippen LogP contribution in [0.1, 0.15) is 100 Å². The molecule has 1 atom stereocenters. The minimum absolute atomic E-state index is 0.0608. The van der Waals surface area contributed by atoms with E-state index in [0.717, 1.165) is 67.6 Å². The van der Waals surface area contributed by atoms with Crippen LogP contribution in [0, 0.1) is 5.82 Å². The van der Waals surface area contributed by atoms with Gasteiger partial charge in [-0.15, -0.1) is 0 Å². The number of hydrogen-bond donors (Lipinski definition) is 0. The zero-order valence-electron chi connectivity index (χ0n) is 21.3. The highest BCUT2D eigenvalue weighted by atomic mass is 35.5. The fraction of sp³-hybridized carbons (Fsp3) is 0.567. The van der Waals surface area contributed by atoms with E-state index in [1.165, 1.54) is 31.2 Å². The van der Waals surface area contributed by atoms with Crippen LogP contribution in [0.2, 0.25) is 5.02 Å². The van der Waals surface area contributed by atoms with Crippen molar-refractivity contribution >= 4 is 17.6 Å². The van der Waals surface area contributed by atoms with Crippen molar-refractivity contribution in [3.05, 3.63) is 63.9 Å². The van der Waals surface area contributed by atoms with Crippen molar-refractivity contribution in [2.75, 3.05) is 13.6 Å². The summed E-state index contributed by atoms with van der Waals surface area (Å²) >= 11 is 6.69. The maximum absolute atomic E-state index is 15.0. The van der Waals surface area contributed by atoms with Gasteiger partial charge in [0.05, 0.1) is 0 Å². The Morgan fingerprint density at radius 2 is 1.83 bits per heavy atom. The third kappa shape index (κ3) is 5.75. The molecule has 0 radical (unpaired) electrons. The molecule has 2 aromatic carbocycles. The third-order valence-electron chi connectivity index (χ3n) is 8.05. The smallest absolute Gasteiger partial charge is 0.311 e. The second-order valence-electron chi connectivity index (χ2n) is 10.4. The van der Waals surface area contributed by atoms with Crippen LogP contribution in [-0.4, -0.2) is 24.5 Å². The molecule has 5 heteroatoms. The molecule has 0 spiro atoms. The molecule has 1 aliphatic carbocycles. The summed E-state index contributed by atoms with van der Waals surface area (Å²) in [6, 6.07) is 11.6. The maximum atomic E-state index is 15.0. The fourth-order valence-electron chi connectivity index (χ4n) is 6.06. The standard InChI is InChI=1S/C30H39ClFNO2/c1-3-4-5-6-7-8-9-15-28(34)35-27-21-23-22(20-26(27)32)16-19-33(2)29(23)30(17-12-18-30)24-13-10-11-14-25(24)31/h10-11,13-14,20-21,29H,3-9,12,15-19H2,1-2H3. The summed E-state index contributed by atoms with van der Waals surface area (Å²) in [5, 5.41) is 0.788. The van der Waals surface area contributed by atoms with E-state index < -0.39 is 5.82 Å². The van der Waals surface area contributed by atoms with Gasteiger partial charge in [0.15, 0.2) is 11.6 Å². The molecule has 3 nitrogen and oxygen atoms in total. The summed E-state index contributed by atoms with van der Waals surface area (Å²) in [4.78, 5) is 14.9. The Bertz CT molecular complexity index is 1020. The lowest BCUT2D eigenvalue weighted by Gasteiger charge is -2.54. The molecule has 0 N–H and O–H groups in total. The summed E-state index contributed by atoms with van der Waals surface area (Å²) in [6.07, 6.45) is 12.2. The molecule has 0 aromatic heterocycles. The summed E-state index contributed by atoms with van der Waals surface area (Å²) in [6.45, 7) is 3.07. The van der Waals surface area contributed by atoms with Gasteiger partial charge in [0, 0.05) is 29.4 Å². The van der Waals surface area contributed by atoms with Gasteiger partial charge in [-0.05, 0) is 67.6 Å². The predicted octanol–water partition coefficient (Wildman–Crippen LogP) is 8.18. The number of carbonyl (C=O) groups is 1. The van der Waals surface area contributed by atoms with Crippen molar-refractivity contribution in [2.24, 2.45) is 0 Å². The molecule has 0 bridgehead atoms. The molecule has 1 fully saturated rings. The molecule has 0 amide bonds. The summed E-state index contributed by atoms with van der Waals surface area (Å²) in [7, 11) is 2.14. The predicted molar refractivity (Wildman–Crippen MR) is 141 cm³/mol. The topological polar surface area (TPSA) is 29.5 Å². The number of carbonyl (C=O) groups excluding carboxylic acids is 1. The zero-order valence-corrected chi connectivity index (χ0v) is 22.0. The number of benzene rings is 2. The number of fused-ring (bicyclic) bond motifs is 1. The Labute approximate surface area is 215 Å². The molecule has 190 valence electrons. The molecule has 1 unspecified atom stereocenters. The van der Waals surface area contributed by atoms with E-state index in [2.05, 4.69) is 24.9 Å². The maximum Gasteiger partial charge on any atom is 0.311 e. The van der Waals surface area contributed by atoms with Gasteiger partial charge in [0.1, 0.15) is 0 Å². The molecular formula is C30H39ClFNO2. The monoisotopic (exact) mass is 499 g/mol. The van der Waals surface area contributed by atoms with Gasteiger partial charge in [-0.2, -0.15) is 0 Å². The SMILES string of the molecule is CCCCCCCCCC(=O)Oc1cc2c(cc1F)CCN(C)C2C1(c2ccccc2Cl)CCC1. The van der Waals surface area contributed by atoms with E-state index in [0.29, 0.717) is 6.42 Å². The molecule has 1 aliphatic heterocycles. The number of esters is 1. The summed E-state index contributed by atoms with van der Waals surface area (Å²) in [5.74, 6) is -0.728. The van der Waals surface area contributed by atoms with Crippen LogP contribution in [0.15, 0.2) is 36.4 Å². The van der Waals surface area contributed by atoms with E-state index in [1.54, 1.807) is 12.1 Å². The van der Waals surface area contributed by atoms with Gasteiger partial charge in [-0.3, -0.25) is 9.69 Å². The van der Waals surface area contributed by atoms with Crippen LogP contribution in [-0.2, 0) is 16.6 Å². The molecule has 0 saturated heterocycles. The van der Waals surface area contributed by atoms with E-state index >= 15 is 0 Å². The van der Waals surface area contributed by atoms with Crippen LogP contribution in [0.25, 0.3) is 0 Å².